The summed E-state index contributed by atoms with van der Waals surface area (Å²) in [6.07, 6.45) is 2.69. The Balaban J connectivity index is 2.16. The second-order valence-corrected chi connectivity index (χ2v) is 6.18. The van der Waals surface area contributed by atoms with E-state index in [1.807, 2.05) is 0 Å². The van der Waals surface area contributed by atoms with Gasteiger partial charge in [-0.2, -0.15) is 0 Å². The lowest BCUT2D eigenvalue weighted by molar-refractivity contribution is -0.0226. The van der Waals surface area contributed by atoms with Gasteiger partial charge in [-0.25, -0.2) is 0 Å². The summed E-state index contributed by atoms with van der Waals surface area (Å²) in [5, 5.41) is 0. The Labute approximate surface area is 95.0 Å². The Morgan fingerprint density at radius 3 is 2.53 bits per heavy atom. The summed E-state index contributed by atoms with van der Waals surface area (Å²) in [6, 6.07) is 0. The van der Waals surface area contributed by atoms with Gasteiger partial charge in [0.05, 0.1) is 5.60 Å². The molecule has 2 atom stereocenters. The number of hydrogen-bond donors (Lipinski definition) is 0. The van der Waals surface area contributed by atoms with Crippen molar-refractivity contribution in [2.24, 2.45) is 11.8 Å². The zero-order valence-corrected chi connectivity index (χ0v) is 11.0. The third-order valence-electron chi connectivity index (χ3n) is 3.03. The monoisotopic (exact) mass is 213 g/mol. The Morgan fingerprint density at radius 2 is 2.07 bits per heavy atom. The van der Waals surface area contributed by atoms with Crippen molar-refractivity contribution in [2.45, 2.75) is 46.1 Å². The van der Waals surface area contributed by atoms with Crippen LogP contribution >= 0.6 is 0 Å². The fourth-order valence-electron chi connectivity index (χ4n) is 2.25. The van der Waals surface area contributed by atoms with Gasteiger partial charge in [-0.3, -0.25) is 0 Å². The highest BCUT2D eigenvalue weighted by molar-refractivity contribution is 4.75. The molecular weight excluding hydrogens is 186 g/mol. The molecule has 1 unspecified atom stereocenters. The van der Waals surface area contributed by atoms with Gasteiger partial charge in [0.2, 0.25) is 0 Å². The molecule has 1 aliphatic rings. The van der Waals surface area contributed by atoms with E-state index in [9.17, 15) is 0 Å². The number of nitrogens with zero attached hydrogens (tertiary/aromatic N) is 1. The van der Waals surface area contributed by atoms with Crippen LogP contribution in [0, 0.1) is 11.8 Å². The van der Waals surface area contributed by atoms with Crippen molar-refractivity contribution >= 4 is 0 Å². The molecule has 1 saturated heterocycles. The molecule has 0 saturated carbocycles. The van der Waals surface area contributed by atoms with E-state index in [0.29, 0.717) is 5.92 Å². The number of rotatable bonds is 4. The van der Waals surface area contributed by atoms with Crippen molar-refractivity contribution in [3.63, 3.8) is 0 Å². The predicted molar refractivity (Wildman–Crippen MR) is 65.1 cm³/mol. The van der Waals surface area contributed by atoms with Crippen LogP contribution in [-0.2, 0) is 4.74 Å². The lowest BCUT2D eigenvalue weighted by atomic mass is 9.95. The molecule has 1 heterocycles. The fraction of sp³-hybridized carbons (Fsp3) is 1.00. The van der Waals surface area contributed by atoms with Gasteiger partial charge in [0.15, 0.2) is 0 Å². The highest BCUT2D eigenvalue weighted by Crippen LogP contribution is 2.23. The van der Waals surface area contributed by atoms with E-state index in [1.54, 1.807) is 0 Å². The number of ether oxygens (including phenoxy) is 1. The lowest BCUT2D eigenvalue weighted by Gasteiger charge is -2.23. The molecule has 1 fully saturated rings. The fourth-order valence-corrected chi connectivity index (χ4v) is 2.25. The quantitative estimate of drug-likeness (QED) is 0.712. The highest BCUT2D eigenvalue weighted by atomic mass is 16.5. The predicted octanol–water partition coefficient (Wildman–Crippen LogP) is 2.78. The Bertz CT molecular complexity index is 185. The smallest absolute Gasteiger partial charge is 0.0598 e. The third-order valence-corrected chi connectivity index (χ3v) is 3.03. The molecule has 0 aromatic carbocycles. The van der Waals surface area contributed by atoms with E-state index in [2.05, 4.69) is 39.6 Å². The van der Waals surface area contributed by atoms with E-state index in [0.717, 1.165) is 12.5 Å². The minimum Gasteiger partial charge on any atom is -0.376 e. The highest BCUT2D eigenvalue weighted by Gasteiger charge is 2.22. The average Bonchev–Trinajstić information content (AvgIpc) is 2.47. The molecule has 2 heteroatoms. The normalized spacial score (nSPS) is 25.8. The molecule has 0 aromatic rings. The second-order valence-electron chi connectivity index (χ2n) is 6.18. The molecular formula is C13H27NO. The molecule has 0 N–H and O–H groups in total. The van der Waals surface area contributed by atoms with Gasteiger partial charge in [-0.1, -0.05) is 6.92 Å². The van der Waals surface area contributed by atoms with Crippen molar-refractivity contribution < 1.29 is 4.74 Å². The minimum absolute atomic E-state index is 0.0146. The Kier molecular flexibility index (Phi) is 4.60. The van der Waals surface area contributed by atoms with Crippen LogP contribution in [0.2, 0.25) is 0 Å². The first-order valence-electron chi connectivity index (χ1n) is 6.19. The molecule has 0 aromatic heterocycles. The van der Waals surface area contributed by atoms with Crippen LogP contribution in [0.3, 0.4) is 0 Å². The topological polar surface area (TPSA) is 12.5 Å². The first-order valence-corrected chi connectivity index (χ1v) is 6.19. The van der Waals surface area contributed by atoms with Gasteiger partial charge in [0.25, 0.3) is 0 Å². The Morgan fingerprint density at radius 1 is 1.40 bits per heavy atom. The van der Waals surface area contributed by atoms with Gasteiger partial charge >= 0.3 is 0 Å². The first-order chi connectivity index (χ1) is 6.87. The first kappa shape index (κ1) is 13.0. The van der Waals surface area contributed by atoms with Crippen LogP contribution in [0.25, 0.3) is 0 Å². The molecule has 2 nitrogen and oxygen atoms in total. The molecule has 1 aliphatic heterocycles. The van der Waals surface area contributed by atoms with Gasteiger partial charge < -0.3 is 9.64 Å². The van der Waals surface area contributed by atoms with Gasteiger partial charge in [0, 0.05) is 13.2 Å². The van der Waals surface area contributed by atoms with E-state index in [1.165, 1.54) is 25.9 Å². The zero-order chi connectivity index (χ0) is 11.5. The summed E-state index contributed by atoms with van der Waals surface area (Å²) < 4.78 is 5.81. The third kappa shape index (κ3) is 5.53. The van der Waals surface area contributed by atoms with Crippen LogP contribution in [0.5, 0.6) is 0 Å². The maximum atomic E-state index is 5.81. The number of hydrogen-bond acceptors (Lipinski definition) is 2. The molecule has 0 amide bonds. The van der Waals surface area contributed by atoms with E-state index in [-0.39, 0.29) is 5.60 Å². The zero-order valence-electron chi connectivity index (χ0n) is 11.0. The molecule has 15 heavy (non-hydrogen) atoms. The number of likely N-dealkylation sites (tertiary alicyclic amines) is 1. The maximum Gasteiger partial charge on any atom is 0.0598 e. The summed E-state index contributed by atoms with van der Waals surface area (Å²) in [6.45, 7) is 12.2. The summed E-state index contributed by atoms with van der Waals surface area (Å²) in [5.74, 6) is 1.59. The maximum absolute atomic E-state index is 5.81. The average molecular weight is 213 g/mol. The lowest BCUT2D eigenvalue weighted by Crippen LogP contribution is -2.24. The van der Waals surface area contributed by atoms with Crippen molar-refractivity contribution in [1.29, 1.82) is 0 Å². The van der Waals surface area contributed by atoms with Crippen LogP contribution in [0.1, 0.15) is 40.5 Å². The van der Waals surface area contributed by atoms with Gasteiger partial charge in [-0.15, -0.1) is 0 Å². The van der Waals surface area contributed by atoms with Crippen molar-refractivity contribution in [3.05, 3.63) is 0 Å². The molecule has 1 rings (SSSR count). The van der Waals surface area contributed by atoms with Crippen LogP contribution < -0.4 is 0 Å². The molecule has 0 radical (unpaired) electrons. The van der Waals surface area contributed by atoms with Crippen molar-refractivity contribution in [2.75, 3.05) is 26.7 Å². The summed E-state index contributed by atoms with van der Waals surface area (Å²) in [7, 11) is 2.22. The largest absolute Gasteiger partial charge is 0.376 e. The van der Waals surface area contributed by atoms with E-state index >= 15 is 0 Å². The van der Waals surface area contributed by atoms with Crippen molar-refractivity contribution in [3.8, 4) is 0 Å². The summed E-state index contributed by atoms with van der Waals surface area (Å²) in [4.78, 5) is 2.43. The van der Waals surface area contributed by atoms with Crippen LogP contribution in [0.15, 0.2) is 0 Å². The second kappa shape index (κ2) is 5.31. The SMILES string of the molecule is C[C@@H](COC(C)(C)C)CC1CCN(C)C1. The molecule has 0 bridgehead atoms. The van der Waals surface area contributed by atoms with E-state index in [4.69, 9.17) is 4.74 Å². The standard InChI is InChI=1S/C13H27NO/c1-11(10-15-13(2,3)4)8-12-6-7-14(5)9-12/h11-12H,6-10H2,1-5H3/t11-,12?/m1/s1. The van der Waals surface area contributed by atoms with Crippen molar-refractivity contribution in [1.82, 2.24) is 4.90 Å². The van der Waals surface area contributed by atoms with Crippen LogP contribution in [0.4, 0.5) is 0 Å². The van der Waals surface area contributed by atoms with Gasteiger partial charge in [0.1, 0.15) is 0 Å². The van der Waals surface area contributed by atoms with Gasteiger partial charge in [-0.05, 0) is 59.0 Å². The summed E-state index contributed by atoms with van der Waals surface area (Å²) >= 11 is 0. The summed E-state index contributed by atoms with van der Waals surface area (Å²) in [5.41, 5.74) is 0.0146. The molecule has 0 spiro atoms. The Hall–Kier alpha value is -0.0800. The molecule has 0 aliphatic carbocycles. The minimum atomic E-state index is 0.0146. The molecule has 90 valence electrons. The van der Waals surface area contributed by atoms with Crippen LogP contribution in [-0.4, -0.2) is 37.2 Å². The van der Waals surface area contributed by atoms with E-state index < -0.39 is 0 Å².